The fourth-order valence-electron chi connectivity index (χ4n) is 3.22. The normalized spacial score (nSPS) is 19.5. The molecule has 2 rings (SSSR count). The highest BCUT2D eigenvalue weighted by molar-refractivity contribution is 5.29. The SMILES string of the molecule is COc1ccc(C(N)CN2CCC(C(C)(C)C)CC2)cc1. The Bertz CT molecular complexity index is 428. The molecule has 0 aliphatic carbocycles. The van der Waals surface area contributed by atoms with Gasteiger partial charge in [-0.05, 0) is 55.0 Å². The number of methoxy groups -OCH3 is 1. The summed E-state index contributed by atoms with van der Waals surface area (Å²) in [5.41, 5.74) is 7.98. The zero-order valence-corrected chi connectivity index (χ0v) is 13.9. The van der Waals surface area contributed by atoms with Gasteiger partial charge in [-0.25, -0.2) is 0 Å². The number of nitrogens with two attached hydrogens (primary N) is 1. The Morgan fingerprint density at radius 2 is 1.76 bits per heavy atom. The van der Waals surface area contributed by atoms with Crippen LogP contribution in [0.25, 0.3) is 0 Å². The van der Waals surface area contributed by atoms with Crippen LogP contribution in [0.5, 0.6) is 5.75 Å². The molecule has 2 N–H and O–H groups in total. The highest BCUT2D eigenvalue weighted by Gasteiger charge is 2.29. The number of likely N-dealkylation sites (tertiary alicyclic amines) is 1. The summed E-state index contributed by atoms with van der Waals surface area (Å²) >= 11 is 0. The average Bonchev–Trinajstić information content (AvgIpc) is 2.47. The molecule has 0 spiro atoms. The smallest absolute Gasteiger partial charge is 0.118 e. The lowest BCUT2D eigenvalue weighted by molar-refractivity contribution is 0.108. The molecule has 1 aliphatic heterocycles. The molecule has 1 unspecified atom stereocenters. The van der Waals surface area contributed by atoms with E-state index in [-0.39, 0.29) is 6.04 Å². The molecular weight excluding hydrogens is 260 g/mol. The molecule has 1 aromatic carbocycles. The number of benzene rings is 1. The van der Waals surface area contributed by atoms with Crippen LogP contribution < -0.4 is 10.5 Å². The van der Waals surface area contributed by atoms with Crippen molar-refractivity contribution in [1.82, 2.24) is 4.90 Å². The molecule has 0 radical (unpaired) electrons. The Balaban J connectivity index is 1.85. The summed E-state index contributed by atoms with van der Waals surface area (Å²) in [6, 6.07) is 8.21. The largest absolute Gasteiger partial charge is 0.497 e. The molecule has 118 valence electrons. The monoisotopic (exact) mass is 290 g/mol. The van der Waals surface area contributed by atoms with Crippen LogP contribution in [0.2, 0.25) is 0 Å². The lowest BCUT2D eigenvalue weighted by Gasteiger charge is -2.39. The van der Waals surface area contributed by atoms with Gasteiger partial charge < -0.3 is 15.4 Å². The standard InChI is InChI=1S/C18H30N2O/c1-18(2,3)15-9-11-20(12-10-15)13-17(19)14-5-7-16(21-4)8-6-14/h5-8,15,17H,9-13,19H2,1-4H3. The molecule has 1 aromatic rings. The van der Waals surface area contributed by atoms with Crippen molar-refractivity contribution in [3.05, 3.63) is 29.8 Å². The Kier molecular flexibility index (Phi) is 5.28. The van der Waals surface area contributed by atoms with Crippen LogP contribution in [0.3, 0.4) is 0 Å². The van der Waals surface area contributed by atoms with E-state index in [1.165, 1.54) is 31.5 Å². The Morgan fingerprint density at radius 3 is 2.24 bits per heavy atom. The summed E-state index contributed by atoms with van der Waals surface area (Å²) in [6.45, 7) is 10.4. The molecule has 21 heavy (non-hydrogen) atoms. The molecule has 3 heteroatoms. The minimum atomic E-state index is 0.0853. The third-order valence-electron chi connectivity index (χ3n) is 4.81. The van der Waals surface area contributed by atoms with Crippen LogP contribution in [0.4, 0.5) is 0 Å². The molecule has 1 aliphatic rings. The van der Waals surface area contributed by atoms with Gasteiger partial charge in [-0.15, -0.1) is 0 Å². The summed E-state index contributed by atoms with van der Waals surface area (Å²) in [4.78, 5) is 2.51. The van der Waals surface area contributed by atoms with E-state index in [0.29, 0.717) is 5.41 Å². The predicted molar refractivity (Wildman–Crippen MR) is 88.5 cm³/mol. The molecule has 1 atom stereocenters. The van der Waals surface area contributed by atoms with Crippen molar-refractivity contribution in [3.63, 3.8) is 0 Å². The van der Waals surface area contributed by atoms with Crippen LogP contribution >= 0.6 is 0 Å². The van der Waals surface area contributed by atoms with Crippen LogP contribution in [0, 0.1) is 11.3 Å². The van der Waals surface area contributed by atoms with Gasteiger partial charge in [0.2, 0.25) is 0 Å². The van der Waals surface area contributed by atoms with Gasteiger partial charge in [0.25, 0.3) is 0 Å². The van der Waals surface area contributed by atoms with E-state index in [2.05, 4.69) is 37.8 Å². The van der Waals surface area contributed by atoms with Gasteiger partial charge in [-0.2, -0.15) is 0 Å². The summed E-state index contributed by atoms with van der Waals surface area (Å²) in [7, 11) is 1.69. The Labute approximate surface area is 129 Å². The maximum Gasteiger partial charge on any atom is 0.118 e. The number of nitrogens with zero attached hydrogens (tertiary/aromatic N) is 1. The van der Waals surface area contributed by atoms with E-state index in [1.54, 1.807) is 7.11 Å². The van der Waals surface area contributed by atoms with Crippen molar-refractivity contribution in [2.75, 3.05) is 26.7 Å². The number of rotatable bonds is 4. The van der Waals surface area contributed by atoms with E-state index >= 15 is 0 Å². The van der Waals surface area contributed by atoms with Crippen molar-refractivity contribution in [3.8, 4) is 5.75 Å². The second-order valence-electron chi connectivity index (χ2n) is 7.32. The summed E-state index contributed by atoms with van der Waals surface area (Å²) in [5, 5.41) is 0. The average molecular weight is 290 g/mol. The molecule has 0 saturated carbocycles. The second kappa shape index (κ2) is 6.80. The number of hydrogen-bond donors (Lipinski definition) is 1. The molecule has 1 heterocycles. The molecular formula is C18H30N2O. The predicted octanol–water partition coefficient (Wildman–Crippen LogP) is 3.45. The number of ether oxygens (including phenoxy) is 1. The third-order valence-corrected chi connectivity index (χ3v) is 4.81. The topological polar surface area (TPSA) is 38.5 Å². The molecule has 0 aromatic heterocycles. The molecule has 3 nitrogen and oxygen atoms in total. The molecule has 0 bridgehead atoms. The minimum absolute atomic E-state index is 0.0853. The molecule has 0 amide bonds. The third kappa shape index (κ3) is 4.45. The molecule has 1 fully saturated rings. The van der Waals surface area contributed by atoms with Gasteiger partial charge in [0.1, 0.15) is 5.75 Å². The lowest BCUT2D eigenvalue weighted by Crippen LogP contribution is -2.41. The van der Waals surface area contributed by atoms with E-state index in [9.17, 15) is 0 Å². The van der Waals surface area contributed by atoms with E-state index in [4.69, 9.17) is 10.5 Å². The van der Waals surface area contributed by atoms with E-state index in [1.807, 2.05) is 12.1 Å². The number of piperidine rings is 1. The Hall–Kier alpha value is -1.06. The highest BCUT2D eigenvalue weighted by atomic mass is 16.5. The van der Waals surface area contributed by atoms with E-state index < -0.39 is 0 Å². The first-order valence-corrected chi connectivity index (χ1v) is 8.02. The quantitative estimate of drug-likeness (QED) is 0.923. The van der Waals surface area contributed by atoms with Crippen molar-refractivity contribution in [2.24, 2.45) is 17.1 Å². The van der Waals surface area contributed by atoms with Crippen molar-refractivity contribution in [2.45, 2.75) is 39.7 Å². The van der Waals surface area contributed by atoms with Gasteiger partial charge >= 0.3 is 0 Å². The van der Waals surface area contributed by atoms with Crippen molar-refractivity contribution >= 4 is 0 Å². The van der Waals surface area contributed by atoms with Gasteiger partial charge in [0.15, 0.2) is 0 Å². The summed E-state index contributed by atoms with van der Waals surface area (Å²) in [5.74, 6) is 1.72. The van der Waals surface area contributed by atoms with Crippen LogP contribution in [-0.4, -0.2) is 31.6 Å². The first kappa shape index (κ1) is 16.3. The molecule has 1 saturated heterocycles. The summed E-state index contributed by atoms with van der Waals surface area (Å²) < 4.78 is 5.19. The second-order valence-corrected chi connectivity index (χ2v) is 7.32. The maximum absolute atomic E-state index is 6.36. The van der Waals surface area contributed by atoms with Gasteiger partial charge in [-0.3, -0.25) is 0 Å². The zero-order valence-electron chi connectivity index (χ0n) is 13.9. The zero-order chi connectivity index (χ0) is 15.5. The Morgan fingerprint density at radius 1 is 1.19 bits per heavy atom. The fourth-order valence-corrected chi connectivity index (χ4v) is 3.22. The van der Waals surface area contributed by atoms with Gasteiger partial charge in [0.05, 0.1) is 7.11 Å². The van der Waals surface area contributed by atoms with Crippen LogP contribution in [-0.2, 0) is 0 Å². The highest BCUT2D eigenvalue weighted by Crippen LogP contribution is 2.34. The minimum Gasteiger partial charge on any atom is -0.497 e. The maximum atomic E-state index is 6.36. The van der Waals surface area contributed by atoms with Crippen LogP contribution in [0.15, 0.2) is 24.3 Å². The first-order valence-electron chi connectivity index (χ1n) is 8.02. The van der Waals surface area contributed by atoms with E-state index in [0.717, 1.165) is 18.2 Å². The van der Waals surface area contributed by atoms with Crippen molar-refractivity contribution < 1.29 is 4.74 Å². The van der Waals surface area contributed by atoms with Crippen LogP contribution in [0.1, 0.15) is 45.2 Å². The summed E-state index contributed by atoms with van der Waals surface area (Å²) in [6.07, 6.45) is 2.58. The fraction of sp³-hybridized carbons (Fsp3) is 0.667. The van der Waals surface area contributed by atoms with Gasteiger partial charge in [0, 0.05) is 12.6 Å². The lowest BCUT2D eigenvalue weighted by atomic mass is 9.75. The van der Waals surface area contributed by atoms with Crippen molar-refractivity contribution in [1.29, 1.82) is 0 Å². The number of hydrogen-bond acceptors (Lipinski definition) is 3. The van der Waals surface area contributed by atoms with Gasteiger partial charge in [-0.1, -0.05) is 32.9 Å². The first-order chi connectivity index (χ1) is 9.90.